The molecule has 2 fully saturated rings. The molecule has 1 aliphatic heterocycles. The van der Waals surface area contributed by atoms with Gasteiger partial charge in [-0.3, -0.25) is 9.69 Å². The van der Waals surface area contributed by atoms with E-state index in [1.165, 1.54) is 12.8 Å². The molecule has 1 saturated carbocycles. The topological polar surface area (TPSA) is 29.5 Å². The Hall–Kier alpha value is -0.870. The van der Waals surface area contributed by atoms with Gasteiger partial charge in [-0.05, 0) is 30.4 Å². The number of hydrogen-bond acceptors (Lipinski definition) is 3. The Labute approximate surface area is 99.0 Å². The minimum atomic E-state index is 0.116. The molecule has 0 bridgehead atoms. The number of carbonyl (C=O) groups is 1. The van der Waals surface area contributed by atoms with E-state index in [4.69, 9.17) is 4.74 Å². The van der Waals surface area contributed by atoms with E-state index in [1.807, 2.05) is 22.4 Å². The summed E-state index contributed by atoms with van der Waals surface area (Å²) >= 11 is 1.64. The van der Waals surface area contributed by atoms with Gasteiger partial charge in [0.25, 0.3) is 5.91 Å². The lowest BCUT2D eigenvalue weighted by Crippen LogP contribution is -2.55. The second kappa shape index (κ2) is 4.18. The monoisotopic (exact) mass is 237 g/mol. The molecule has 1 saturated heterocycles. The molecule has 16 heavy (non-hydrogen) atoms. The molecule has 2 aliphatic rings. The number of fused-ring (bicyclic) bond motifs is 1. The van der Waals surface area contributed by atoms with Crippen molar-refractivity contribution in [2.75, 3.05) is 11.5 Å². The van der Waals surface area contributed by atoms with Gasteiger partial charge in [-0.1, -0.05) is 12.8 Å². The van der Waals surface area contributed by atoms with Gasteiger partial charge in [0.2, 0.25) is 0 Å². The fraction of sp³-hybridized carbons (Fsp3) is 0.583. The zero-order valence-electron chi connectivity index (χ0n) is 9.09. The molecule has 3 rings (SSSR count). The summed E-state index contributed by atoms with van der Waals surface area (Å²) in [6.45, 7) is 0.249. The molecule has 3 nitrogen and oxygen atoms in total. The first-order valence-corrected chi connectivity index (χ1v) is 6.71. The highest BCUT2D eigenvalue weighted by molar-refractivity contribution is 7.14. The number of nitrogens with zero attached hydrogens (tertiary/aromatic N) is 1. The highest BCUT2D eigenvalue weighted by Crippen LogP contribution is 2.34. The Morgan fingerprint density at radius 3 is 3.06 bits per heavy atom. The van der Waals surface area contributed by atoms with Crippen molar-refractivity contribution < 1.29 is 9.53 Å². The highest BCUT2D eigenvalue weighted by atomic mass is 32.1. The van der Waals surface area contributed by atoms with Crippen LogP contribution in [-0.4, -0.2) is 24.7 Å². The van der Waals surface area contributed by atoms with E-state index in [2.05, 4.69) is 0 Å². The number of ether oxygens (including phenoxy) is 1. The van der Waals surface area contributed by atoms with Gasteiger partial charge in [-0.2, -0.15) is 0 Å². The maximum absolute atomic E-state index is 12.0. The molecule has 0 unspecified atom stereocenters. The molecule has 1 aromatic heterocycles. The zero-order chi connectivity index (χ0) is 11.0. The first-order valence-electron chi connectivity index (χ1n) is 5.83. The molecule has 2 heterocycles. The van der Waals surface area contributed by atoms with Gasteiger partial charge in [0.05, 0.1) is 17.1 Å². The van der Waals surface area contributed by atoms with E-state index in [1.54, 1.807) is 11.3 Å². The van der Waals surface area contributed by atoms with Gasteiger partial charge in [0, 0.05) is 0 Å². The van der Waals surface area contributed by atoms with Crippen molar-refractivity contribution in [3.63, 3.8) is 0 Å². The molecular weight excluding hydrogens is 222 g/mol. The van der Waals surface area contributed by atoms with Crippen LogP contribution in [0.3, 0.4) is 0 Å². The molecule has 1 amide bonds. The number of amides is 1. The Kier molecular flexibility index (Phi) is 2.69. The predicted octanol–water partition coefficient (Wildman–Crippen LogP) is 2.42. The van der Waals surface area contributed by atoms with Crippen LogP contribution in [0.5, 0.6) is 0 Å². The second-order valence-corrected chi connectivity index (χ2v) is 5.34. The molecule has 2 atom stereocenters. The minimum Gasteiger partial charge on any atom is -0.366 e. The van der Waals surface area contributed by atoms with Crippen molar-refractivity contribution in [1.82, 2.24) is 0 Å². The van der Waals surface area contributed by atoms with Crippen LogP contribution >= 0.6 is 11.3 Å². The highest BCUT2D eigenvalue weighted by Gasteiger charge is 2.39. The van der Waals surface area contributed by atoms with Crippen molar-refractivity contribution in [2.45, 2.75) is 37.8 Å². The Morgan fingerprint density at radius 2 is 2.25 bits per heavy atom. The molecule has 86 valence electrons. The average Bonchev–Trinajstić information content (AvgIpc) is 2.82. The summed E-state index contributed by atoms with van der Waals surface area (Å²) in [7, 11) is 0. The number of rotatable bonds is 1. The van der Waals surface area contributed by atoms with Crippen LogP contribution in [0.4, 0.5) is 5.00 Å². The molecule has 4 heteroatoms. The number of anilines is 1. The van der Waals surface area contributed by atoms with Gasteiger partial charge in [-0.25, -0.2) is 0 Å². The first kappa shape index (κ1) is 10.3. The van der Waals surface area contributed by atoms with Crippen LogP contribution in [-0.2, 0) is 9.53 Å². The van der Waals surface area contributed by atoms with Crippen LogP contribution in [0.1, 0.15) is 25.7 Å². The molecule has 0 aromatic carbocycles. The van der Waals surface area contributed by atoms with Gasteiger partial charge >= 0.3 is 0 Å². The maximum atomic E-state index is 12.0. The van der Waals surface area contributed by atoms with Gasteiger partial charge < -0.3 is 4.74 Å². The largest absolute Gasteiger partial charge is 0.366 e. The molecule has 1 aromatic rings. The van der Waals surface area contributed by atoms with Gasteiger partial charge in [0.1, 0.15) is 6.61 Å². The van der Waals surface area contributed by atoms with Crippen molar-refractivity contribution in [3.05, 3.63) is 17.5 Å². The van der Waals surface area contributed by atoms with E-state index in [9.17, 15) is 4.79 Å². The fourth-order valence-electron chi connectivity index (χ4n) is 2.69. The summed E-state index contributed by atoms with van der Waals surface area (Å²) < 4.78 is 5.64. The van der Waals surface area contributed by atoms with Crippen molar-refractivity contribution in [3.8, 4) is 0 Å². The summed E-state index contributed by atoms with van der Waals surface area (Å²) in [6.07, 6.45) is 4.87. The Morgan fingerprint density at radius 1 is 1.38 bits per heavy atom. The number of hydrogen-bond donors (Lipinski definition) is 0. The summed E-state index contributed by atoms with van der Waals surface area (Å²) in [5.74, 6) is 0.116. The molecule has 1 aliphatic carbocycles. The van der Waals surface area contributed by atoms with Crippen LogP contribution in [0.2, 0.25) is 0 Å². The molecular formula is C12H15NO2S. The number of thiophene rings is 1. The lowest BCUT2D eigenvalue weighted by molar-refractivity contribution is -0.133. The lowest BCUT2D eigenvalue weighted by Gasteiger charge is -2.42. The lowest BCUT2D eigenvalue weighted by atomic mass is 9.90. The summed E-state index contributed by atoms with van der Waals surface area (Å²) in [5, 5.41) is 3.10. The van der Waals surface area contributed by atoms with Crippen molar-refractivity contribution in [2.24, 2.45) is 0 Å². The van der Waals surface area contributed by atoms with Crippen molar-refractivity contribution >= 4 is 22.2 Å². The van der Waals surface area contributed by atoms with E-state index in [-0.39, 0.29) is 24.7 Å². The first-order chi connectivity index (χ1) is 7.86. The fourth-order valence-corrected chi connectivity index (χ4v) is 3.50. The Balaban J connectivity index is 1.90. The van der Waals surface area contributed by atoms with Gasteiger partial charge in [0.15, 0.2) is 0 Å². The zero-order valence-corrected chi connectivity index (χ0v) is 9.91. The van der Waals surface area contributed by atoms with Gasteiger partial charge in [-0.15, -0.1) is 11.3 Å². The molecule has 0 N–H and O–H groups in total. The molecule has 0 radical (unpaired) electrons. The van der Waals surface area contributed by atoms with Crippen LogP contribution in [0.15, 0.2) is 17.5 Å². The van der Waals surface area contributed by atoms with E-state index >= 15 is 0 Å². The quantitative estimate of drug-likeness (QED) is 0.750. The normalized spacial score (nSPS) is 30.2. The van der Waals surface area contributed by atoms with E-state index in [0.717, 1.165) is 17.8 Å². The third kappa shape index (κ3) is 1.66. The average molecular weight is 237 g/mol. The third-order valence-corrected chi connectivity index (χ3v) is 4.30. The second-order valence-electron chi connectivity index (χ2n) is 4.42. The SMILES string of the molecule is O=C1CO[C@H]2CCCC[C@H]2N1c1cccs1. The summed E-state index contributed by atoms with van der Waals surface area (Å²) in [6, 6.07) is 4.30. The summed E-state index contributed by atoms with van der Waals surface area (Å²) in [4.78, 5) is 13.9. The number of carbonyl (C=O) groups excluding carboxylic acids is 1. The van der Waals surface area contributed by atoms with Crippen molar-refractivity contribution in [1.29, 1.82) is 0 Å². The Bertz CT molecular complexity index is 376. The van der Waals surface area contributed by atoms with E-state index in [0.29, 0.717) is 0 Å². The van der Waals surface area contributed by atoms with Crippen LogP contribution in [0.25, 0.3) is 0 Å². The van der Waals surface area contributed by atoms with Crippen LogP contribution in [0, 0.1) is 0 Å². The standard InChI is InChI=1S/C12H15NO2S/c14-11-8-15-10-5-2-1-4-9(10)13(11)12-6-3-7-16-12/h3,6-7,9-10H,1-2,4-5,8H2/t9-,10+/m1/s1. The smallest absolute Gasteiger partial charge is 0.253 e. The predicted molar refractivity (Wildman–Crippen MR) is 63.8 cm³/mol. The van der Waals surface area contributed by atoms with Crippen LogP contribution < -0.4 is 4.90 Å². The third-order valence-electron chi connectivity index (χ3n) is 3.43. The minimum absolute atomic E-state index is 0.116. The summed E-state index contributed by atoms with van der Waals surface area (Å²) in [5.41, 5.74) is 0. The number of morpholine rings is 1. The maximum Gasteiger partial charge on any atom is 0.253 e. The van der Waals surface area contributed by atoms with E-state index < -0.39 is 0 Å². The molecule has 0 spiro atoms.